The number of halogens is 1. The van der Waals surface area contributed by atoms with Gasteiger partial charge >= 0.3 is 0 Å². The fraction of sp³-hybridized carbons (Fsp3) is 0.579. The molecular weight excluding hydrogens is 338 g/mol. The van der Waals surface area contributed by atoms with Crippen LogP contribution in [0.15, 0.2) is 30.3 Å². The van der Waals surface area contributed by atoms with Crippen molar-refractivity contribution in [2.45, 2.75) is 57.5 Å². The van der Waals surface area contributed by atoms with E-state index in [9.17, 15) is 9.59 Å². The summed E-state index contributed by atoms with van der Waals surface area (Å²) in [5.74, 6) is 0.246. The summed E-state index contributed by atoms with van der Waals surface area (Å²) in [6, 6.07) is 8.86. The molecule has 0 heterocycles. The zero-order valence-corrected chi connectivity index (χ0v) is 15.7. The van der Waals surface area contributed by atoms with Crippen molar-refractivity contribution in [3.05, 3.63) is 35.9 Å². The number of nitrogens with one attached hydrogen (secondary N) is 2. The van der Waals surface area contributed by atoms with Crippen molar-refractivity contribution in [3.63, 3.8) is 0 Å². The third kappa shape index (κ3) is 7.45. The van der Waals surface area contributed by atoms with Gasteiger partial charge in [-0.25, -0.2) is 0 Å². The molecule has 5 nitrogen and oxygen atoms in total. The summed E-state index contributed by atoms with van der Waals surface area (Å²) in [4.78, 5) is 24.2. The van der Waals surface area contributed by atoms with Crippen molar-refractivity contribution in [1.29, 1.82) is 0 Å². The van der Waals surface area contributed by atoms with Crippen LogP contribution in [0.1, 0.15) is 57.1 Å². The molecule has 140 valence electrons. The van der Waals surface area contributed by atoms with E-state index in [2.05, 4.69) is 10.6 Å². The average Bonchev–Trinajstić information content (AvgIpc) is 2.60. The lowest BCUT2D eigenvalue weighted by atomic mass is 9.87. The van der Waals surface area contributed by atoms with E-state index >= 15 is 0 Å². The van der Waals surface area contributed by atoms with Gasteiger partial charge in [-0.1, -0.05) is 49.6 Å². The highest BCUT2D eigenvalue weighted by Crippen LogP contribution is 2.26. The Morgan fingerprint density at radius 2 is 1.80 bits per heavy atom. The maximum atomic E-state index is 12.1. The van der Waals surface area contributed by atoms with Crippen LogP contribution in [0.25, 0.3) is 0 Å². The first-order valence-electron chi connectivity index (χ1n) is 8.94. The first kappa shape index (κ1) is 21.5. The molecule has 6 heteroatoms. The smallest absolute Gasteiger partial charge is 0.242 e. The second kappa shape index (κ2) is 11.1. The summed E-state index contributed by atoms with van der Waals surface area (Å²) in [6.07, 6.45) is 6.48. The van der Waals surface area contributed by atoms with Crippen LogP contribution in [0, 0.1) is 5.92 Å². The first-order valence-corrected chi connectivity index (χ1v) is 8.94. The van der Waals surface area contributed by atoms with Crippen LogP contribution in [0.3, 0.4) is 0 Å². The van der Waals surface area contributed by atoms with Crippen molar-refractivity contribution in [2.75, 3.05) is 6.54 Å². The summed E-state index contributed by atoms with van der Waals surface area (Å²) >= 11 is 0. The Labute approximate surface area is 156 Å². The van der Waals surface area contributed by atoms with Crippen LogP contribution in [-0.2, 0) is 9.59 Å². The number of amides is 2. The maximum Gasteiger partial charge on any atom is 0.242 e. The highest BCUT2D eigenvalue weighted by Gasteiger charge is 2.20. The van der Waals surface area contributed by atoms with Gasteiger partial charge < -0.3 is 16.4 Å². The maximum absolute atomic E-state index is 12.1. The van der Waals surface area contributed by atoms with E-state index in [0.29, 0.717) is 18.9 Å². The van der Waals surface area contributed by atoms with Crippen LogP contribution < -0.4 is 16.4 Å². The molecule has 1 aromatic carbocycles. The van der Waals surface area contributed by atoms with Gasteiger partial charge in [-0.2, -0.15) is 0 Å². The lowest BCUT2D eigenvalue weighted by Crippen LogP contribution is -2.46. The lowest BCUT2D eigenvalue weighted by Gasteiger charge is -2.22. The quantitative estimate of drug-likeness (QED) is 0.692. The summed E-state index contributed by atoms with van der Waals surface area (Å²) in [5.41, 5.74) is 7.04. The fourth-order valence-corrected chi connectivity index (χ4v) is 3.20. The van der Waals surface area contributed by atoms with Gasteiger partial charge in [0.2, 0.25) is 11.8 Å². The molecule has 0 spiro atoms. The van der Waals surface area contributed by atoms with Crippen molar-refractivity contribution in [3.8, 4) is 0 Å². The predicted molar refractivity (Wildman–Crippen MR) is 102 cm³/mol. The highest BCUT2D eigenvalue weighted by molar-refractivity contribution is 5.87. The number of benzene rings is 1. The van der Waals surface area contributed by atoms with Crippen LogP contribution in [-0.4, -0.2) is 24.4 Å². The molecule has 0 aliphatic heterocycles. The molecule has 1 fully saturated rings. The fourth-order valence-electron chi connectivity index (χ4n) is 3.20. The Hall–Kier alpha value is -1.59. The van der Waals surface area contributed by atoms with Gasteiger partial charge in [0.1, 0.15) is 6.04 Å². The molecule has 2 unspecified atom stereocenters. The molecule has 4 N–H and O–H groups in total. The van der Waals surface area contributed by atoms with Crippen molar-refractivity contribution >= 4 is 24.2 Å². The van der Waals surface area contributed by atoms with E-state index in [1.807, 2.05) is 30.3 Å². The monoisotopic (exact) mass is 367 g/mol. The molecule has 0 aromatic heterocycles. The largest absolute Gasteiger partial charge is 0.352 e. The molecule has 25 heavy (non-hydrogen) atoms. The number of nitrogens with two attached hydrogens (primary N) is 1. The SMILES string of the molecule is CC(NC(=O)CC1CCCCC1)C(=O)NCC(N)c1ccccc1.Cl. The van der Waals surface area contributed by atoms with Crippen molar-refractivity contribution in [2.24, 2.45) is 11.7 Å². The Kier molecular flexibility index (Phi) is 9.53. The average molecular weight is 368 g/mol. The molecule has 2 rings (SSSR count). The van der Waals surface area contributed by atoms with Crippen LogP contribution >= 0.6 is 12.4 Å². The number of carbonyl (C=O) groups excluding carboxylic acids is 2. The van der Waals surface area contributed by atoms with Crippen LogP contribution in [0.4, 0.5) is 0 Å². The Bertz CT molecular complexity index is 533. The molecule has 1 aliphatic carbocycles. The summed E-state index contributed by atoms with van der Waals surface area (Å²) in [6.45, 7) is 2.06. The van der Waals surface area contributed by atoms with Gasteiger partial charge in [0.05, 0.1) is 0 Å². The topological polar surface area (TPSA) is 84.2 Å². The normalized spacial score (nSPS) is 17.0. The number of carbonyl (C=O) groups is 2. The Morgan fingerprint density at radius 1 is 1.16 bits per heavy atom. The van der Waals surface area contributed by atoms with E-state index in [1.54, 1.807) is 6.92 Å². The van der Waals surface area contributed by atoms with E-state index in [4.69, 9.17) is 5.73 Å². The Morgan fingerprint density at radius 3 is 2.44 bits per heavy atom. The van der Waals surface area contributed by atoms with Gasteiger partial charge in [-0.05, 0) is 31.2 Å². The van der Waals surface area contributed by atoms with Crippen LogP contribution in [0.2, 0.25) is 0 Å². The van der Waals surface area contributed by atoms with Gasteiger partial charge in [0.25, 0.3) is 0 Å². The number of hydrogen-bond acceptors (Lipinski definition) is 3. The van der Waals surface area contributed by atoms with Crippen molar-refractivity contribution < 1.29 is 9.59 Å². The zero-order chi connectivity index (χ0) is 17.4. The summed E-state index contributed by atoms with van der Waals surface area (Å²) in [7, 11) is 0. The van der Waals surface area contributed by atoms with Crippen molar-refractivity contribution in [1.82, 2.24) is 10.6 Å². The molecule has 0 saturated heterocycles. The van der Waals surface area contributed by atoms with Gasteiger partial charge in [0.15, 0.2) is 0 Å². The highest BCUT2D eigenvalue weighted by atomic mass is 35.5. The standard InChI is InChI=1S/C19H29N3O2.ClH/c1-14(22-18(23)12-15-8-4-2-5-9-15)19(24)21-13-17(20)16-10-6-3-7-11-16;/h3,6-7,10-11,14-15,17H,2,4-5,8-9,12-13,20H2,1H3,(H,21,24)(H,22,23);1H. The lowest BCUT2D eigenvalue weighted by molar-refractivity contribution is -0.129. The molecule has 2 atom stereocenters. The number of rotatable bonds is 7. The molecule has 0 bridgehead atoms. The van der Waals surface area contributed by atoms with Gasteiger partial charge in [-0.3, -0.25) is 9.59 Å². The second-order valence-corrected chi connectivity index (χ2v) is 6.76. The minimum atomic E-state index is -0.538. The third-order valence-corrected chi connectivity index (χ3v) is 4.69. The summed E-state index contributed by atoms with van der Waals surface area (Å²) < 4.78 is 0. The molecule has 2 amide bonds. The Balaban J connectivity index is 0.00000312. The zero-order valence-electron chi connectivity index (χ0n) is 14.9. The van der Waals surface area contributed by atoms with Gasteiger partial charge in [0, 0.05) is 19.0 Å². The minimum absolute atomic E-state index is 0. The molecule has 1 aliphatic rings. The van der Waals surface area contributed by atoms with Crippen LogP contribution in [0.5, 0.6) is 0 Å². The summed E-state index contributed by atoms with van der Waals surface area (Å²) in [5, 5.41) is 5.61. The van der Waals surface area contributed by atoms with E-state index in [1.165, 1.54) is 19.3 Å². The molecular formula is C19H30ClN3O2. The first-order chi connectivity index (χ1) is 11.6. The number of hydrogen-bond donors (Lipinski definition) is 3. The predicted octanol–water partition coefficient (Wildman–Crippen LogP) is 2.70. The van der Waals surface area contributed by atoms with E-state index < -0.39 is 6.04 Å². The van der Waals surface area contributed by atoms with E-state index in [0.717, 1.165) is 18.4 Å². The third-order valence-electron chi connectivity index (χ3n) is 4.69. The van der Waals surface area contributed by atoms with E-state index in [-0.39, 0.29) is 30.3 Å². The molecule has 0 radical (unpaired) electrons. The second-order valence-electron chi connectivity index (χ2n) is 6.76. The molecule has 1 saturated carbocycles. The minimum Gasteiger partial charge on any atom is -0.352 e. The molecule has 1 aromatic rings. The van der Waals surface area contributed by atoms with Gasteiger partial charge in [-0.15, -0.1) is 12.4 Å².